The number of phenols is 1. The molecular formula is C74H112O36. The highest BCUT2D eigenvalue weighted by Gasteiger charge is 2.79. The lowest BCUT2D eigenvalue weighted by Gasteiger charge is -2.72. The molecule has 36 heteroatoms. The van der Waals surface area contributed by atoms with Crippen molar-refractivity contribution in [2.75, 3.05) is 33.0 Å². The minimum absolute atomic E-state index is 0.0340. The van der Waals surface area contributed by atoms with Gasteiger partial charge in [0.25, 0.3) is 5.79 Å². The van der Waals surface area contributed by atoms with Gasteiger partial charge in [-0.1, -0.05) is 72.2 Å². The van der Waals surface area contributed by atoms with Gasteiger partial charge in [-0.15, -0.1) is 0 Å². The first kappa shape index (κ1) is 85.6. The summed E-state index contributed by atoms with van der Waals surface area (Å²) < 4.78 is 71.9. The van der Waals surface area contributed by atoms with Crippen molar-refractivity contribution in [3.63, 3.8) is 0 Å². The number of phenolic OH excluding ortho intramolecular Hbond substituents is 1. The molecule has 22 N–H and O–H groups in total. The number of allylic oxidation sites excluding steroid dienone is 2. The average Bonchev–Trinajstić information content (AvgIpc) is 0.680. The Morgan fingerprint density at radius 2 is 1.22 bits per heavy atom. The van der Waals surface area contributed by atoms with Gasteiger partial charge in [-0.05, 0) is 133 Å². The van der Waals surface area contributed by atoms with E-state index in [0.29, 0.717) is 37.7 Å². The summed E-state index contributed by atoms with van der Waals surface area (Å²) in [5.74, 6) is -10.8. The third-order valence-electron chi connectivity index (χ3n) is 27.5. The van der Waals surface area contributed by atoms with Crippen LogP contribution in [0.25, 0.3) is 6.08 Å². The third-order valence-corrected chi connectivity index (χ3v) is 27.5. The summed E-state index contributed by atoms with van der Waals surface area (Å²) in [6.07, 6.45) is -47.8. The number of benzene rings is 1. The van der Waals surface area contributed by atoms with Crippen molar-refractivity contribution in [3.8, 4) is 5.75 Å². The van der Waals surface area contributed by atoms with Crippen molar-refractivity contribution in [3.05, 3.63) is 47.6 Å². The Labute approximate surface area is 633 Å². The second-order valence-electron chi connectivity index (χ2n) is 34.4. The fourth-order valence-corrected chi connectivity index (χ4v) is 20.8. The molecule has 1 aromatic carbocycles. The quantitative estimate of drug-likeness (QED) is 0.0214. The largest absolute Gasteiger partial charge is 0.508 e. The molecule has 6 aliphatic heterocycles. The van der Waals surface area contributed by atoms with Crippen molar-refractivity contribution in [1.29, 1.82) is 0 Å². The van der Waals surface area contributed by atoms with Gasteiger partial charge in [0.2, 0.25) is 0 Å². The number of hydrogen-bond donors (Lipinski definition) is 22. The minimum Gasteiger partial charge on any atom is -0.508 e. The molecule has 0 spiro atoms. The molecule has 38 atom stereocenters. The molecule has 624 valence electrons. The van der Waals surface area contributed by atoms with Crippen LogP contribution in [-0.4, -0.2) is 346 Å². The van der Waals surface area contributed by atoms with Gasteiger partial charge in [0.15, 0.2) is 49.1 Å². The Kier molecular flexibility index (Phi) is 24.3. The van der Waals surface area contributed by atoms with Gasteiger partial charge in [-0.3, -0.25) is 4.79 Å². The predicted octanol–water partition coefficient (Wildman–Crippen LogP) is -5.75. The molecule has 110 heavy (non-hydrogen) atoms. The number of carbonyl (C=O) groups excluding carboxylic acids is 2. The standard InChI is InChI=1S/C74H112O36/c1-30-45(82)51(88)58(92)73(108-30,72(97)43(27-77)109-74(98,60(94)59(72)93)100-29-38-47(84)49(86)52(89)61(95)101-38)110-65(96)71-22-21-66(2,3)23-34(71)33-14-15-40-68(6)19-18-42(67(4,5)39(68)17-20-69(40,7)70(33,8)24-41(71)80)104-64-57(107-62-53(90)50(87)46(83)36(25-75)102-62)55(35(79)28-99-64)106-63-54(91)56(48(85)37(26-76)103-63)105-44(81)16-11-31-9-12-32(78)13-10-31/h9-14,16,30,34-43,45-64,75-80,82-95,97-98H,15,17-29H2,1-8H3/b16-11+/t30-,34+,35+,36?,37?,38?,39?,40?,41-,42+,43?,45-,46-,47+,48-,49?,50?,51+,52+,53+,54+,55?,56?,57+,58+,59?,60+,61+,62+,63+,64+,68+,69-,70-,71-,72+,73?,74+/m1/s1. The van der Waals surface area contributed by atoms with Crippen molar-refractivity contribution >= 4 is 18.0 Å². The summed E-state index contributed by atoms with van der Waals surface area (Å²) in [5, 5.41) is 249. The van der Waals surface area contributed by atoms with E-state index in [-0.39, 0.29) is 43.3 Å². The molecule has 0 radical (unpaired) electrons. The molecule has 12 unspecified atom stereocenters. The van der Waals surface area contributed by atoms with Crippen LogP contribution in [0.1, 0.15) is 119 Å². The van der Waals surface area contributed by atoms with Crippen molar-refractivity contribution in [2.45, 2.75) is 302 Å². The van der Waals surface area contributed by atoms with Crippen LogP contribution >= 0.6 is 0 Å². The van der Waals surface area contributed by atoms with Crippen molar-refractivity contribution in [2.24, 2.45) is 50.2 Å². The van der Waals surface area contributed by atoms with Crippen LogP contribution < -0.4 is 0 Å². The van der Waals surface area contributed by atoms with Crippen LogP contribution in [-0.2, 0) is 66.4 Å². The lowest BCUT2D eigenvalue weighted by molar-refractivity contribution is -0.504. The van der Waals surface area contributed by atoms with E-state index in [2.05, 4.69) is 26.8 Å². The van der Waals surface area contributed by atoms with E-state index in [1.165, 1.54) is 30.3 Å². The highest BCUT2D eigenvalue weighted by atomic mass is 16.9. The number of fused-ring (bicyclic) bond motifs is 7. The molecule has 4 saturated carbocycles. The zero-order valence-corrected chi connectivity index (χ0v) is 62.4. The van der Waals surface area contributed by atoms with Crippen LogP contribution in [0, 0.1) is 50.2 Å². The normalized spacial score (nSPS) is 51.5. The van der Waals surface area contributed by atoms with Crippen molar-refractivity contribution < 1.29 is 179 Å². The summed E-state index contributed by atoms with van der Waals surface area (Å²) in [6.45, 7) is 10.8. The van der Waals surface area contributed by atoms with Gasteiger partial charge in [-0.25, -0.2) is 4.79 Å². The zero-order chi connectivity index (χ0) is 80.6. The lowest BCUT2D eigenvalue weighted by atomic mass is 9.33. The number of esters is 2. The lowest BCUT2D eigenvalue weighted by Crippen LogP contribution is -2.85. The highest BCUT2D eigenvalue weighted by molar-refractivity contribution is 5.87. The molecule has 0 bridgehead atoms. The van der Waals surface area contributed by atoms with E-state index >= 15 is 4.79 Å². The van der Waals surface area contributed by atoms with Crippen LogP contribution in [0.15, 0.2) is 42.0 Å². The van der Waals surface area contributed by atoms with E-state index in [1.807, 2.05) is 27.7 Å². The monoisotopic (exact) mass is 1580 g/mol. The fourth-order valence-electron chi connectivity index (χ4n) is 20.8. The van der Waals surface area contributed by atoms with E-state index in [9.17, 15) is 117 Å². The summed E-state index contributed by atoms with van der Waals surface area (Å²) in [5.41, 5.74) is -7.91. The first-order valence-corrected chi connectivity index (χ1v) is 37.7. The summed E-state index contributed by atoms with van der Waals surface area (Å²) >= 11 is 0. The van der Waals surface area contributed by atoms with Crippen molar-refractivity contribution in [1.82, 2.24) is 0 Å². The molecular weight excluding hydrogens is 1460 g/mol. The first-order valence-electron chi connectivity index (χ1n) is 37.7. The maximum atomic E-state index is 16.2. The maximum Gasteiger partial charge on any atom is 0.331 e. The molecule has 12 rings (SSSR count). The highest BCUT2D eigenvalue weighted by Crippen LogP contribution is 2.76. The molecule has 36 nitrogen and oxygen atoms in total. The van der Waals surface area contributed by atoms with Gasteiger partial charge < -0.3 is 169 Å². The van der Waals surface area contributed by atoms with Gasteiger partial charge in [0, 0.05) is 6.08 Å². The number of aliphatic hydroxyl groups is 21. The number of carbonyl (C=O) groups is 2. The van der Waals surface area contributed by atoms with Gasteiger partial charge in [0.05, 0.1) is 51.3 Å². The minimum atomic E-state index is -3.69. The third kappa shape index (κ3) is 14.0. The summed E-state index contributed by atoms with van der Waals surface area (Å²) in [4.78, 5) is 29.5. The molecule has 0 amide bonds. The Bertz CT molecular complexity index is 3450. The predicted molar refractivity (Wildman–Crippen MR) is 365 cm³/mol. The first-order chi connectivity index (χ1) is 51.4. The number of aromatic hydroxyl groups is 1. The van der Waals surface area contributed by atoms with Crippen LogP contribution in [0.2, 0.25) is 0 Å². The Morgan fingerprint density at radius 3 is 1.87 bits per heavy atom. The van der Waals surface area contributed by atoms with E-state index in [4.69, 9.17) is 56.8 Å². The van der Waals surface area contributed by atoms with Gasteiger partial charge in [0.1, 0.15) is 121 Å². The number of aliphatic hydroxyl groups excluding tert-OH is 19. The fraction of sp³-hybridized carbons (Fsp3) is 0.838. The Hall–Kier alpha value is -3.80. The molecule has 1 aromatic rings. The average molecular weight is 1580 g/mol. The maximum absolute atomic E-state index is 16.2. The van der Waals surface area contributed by atoms with Crippen LogP contribution in [0.3, 0.4) is 0 Å². The van der Waals surface area contributed by atoms with E-state index < -0.39 is 272 Å². The number of hydrogen-bond acceptors (Lipinski definition) is 36. The van der Waals surface area contributed by atoms with Crippen LogP contribution in [0.4, 0.5) is 0 Å². The second-order valence-corrected chi connectivity index (χ2v) is 34.4. The summed E-state index contributed by atoms with van der Waals surface area (Å²) in [7, 11) is 0. The SMILES string of the molecule is C[C@H]1OC(OC(=O)[C@]23CCC(C)(C)C[C@H]2C2=CCC4[C@@]5(C)CC[C@H](O[C@@H]6OC[C@H](O)C(O[C@@H]7OC(CO)[C@@H](O)C(OC(=O)/C=C/c8ccc(O)cc8)[C@@H]7O)[C@@H]6O[C@@H]6OC(CO)[C@@H](O)C(O)[C@@H]6O)C(C)(C)C5CC[C@@]4(C)[C@]2(C)C[C@H]3O)([C@]2(O)C(CO)O[C@@](O)(OCC3O[C@H](O)[C@@H](O)C(O)[C@H]3O)[C@@H](O)C2O)[C@@H](O)[C@@H](O)[C@@H]1O. The molecule has 6 heterocycles. The zero-order valence-electron chi connectivity index (χ0n) is 62.4. The van der Waals surface area contributed by atoms with Gasteiger partial charge >= 0.3 is 17.9 Å². The Balaban J connectivity index is 0.821. The number of rotatable bonds is 18. The second kappa shape index (κ2) is 31.2. The van der Waals surface area contributed by atoms with Gasteiger partial charge in [-0.2, -0.15) is 0 Å². The molecule has 10 fully saturated rings. The molecule has 5 aliphatic carbocycles. The van der Waals surface area contributed by atoms with Crippen LogP contribution in [0.5, 0.6) is 5.75 Å². The van der Waals surface area contributed by atoms with E-state index in [0.717, 1.165) is 18.6 Å². The molecule has 6 saturated heterocycles. The smallest absolute Gasteiger partial charge is 0.331 e. The Morgan fingerprint density at radius 1 is 0.591 bits per heavy atom. The number of ether oxygens (including phenoxy) is 12. The molecule has 0 aromatic heterocycles. The summed E-state index contributed by atoms with van der Waals surface area (Å²) in [6, 6.07) is 5.76. The topological polar surface area (TPSA) is 590 Å². The molecule has 11 aliphatic rings. The van der Waals surface area contributed by atoms with E-state index in [1.54, 1.807) is 0 Å².